The van der Waals surface area contributed by atoms with Crippen LogP contribution < -0.4 is 5.32 Å². The maximum Gasteiger partial charge on any atom is 0.226 e. The summed E-state index contributed by atoms with van der Waals surface area (Å²) >= 11 is 1.59. The summed E-state index contributed by atoms with van der Waals surface area (Å²) in [6, 6.07) is 10.6. The van der Waals surface area contributed by atoms with E-state index in [2.05, 4.69) is 22.1 Å². The first-order valence-electron chi connectivity index (χ1n) is 8.27. The molecule has 1 amide bonds. The van der Waals surface area contributed by atoms with E-state index in [0.717, 1.165) is 35.9 Å². The molecule has 2 heterocycles. The van der Waals surface area contributed by atoms with E-state index >= 15 is 0 Å². The summed E-state index contributed by atoms with van der Waals surface area (Å²) in [5, 5.41) is 6.03. The molecule has 1 atom stereocenters. The van der Waals surface area contributed by atoms with Gasteiger partial charge in [-0.25, -0.2) is 4.98 Å². The molecule has 1 N–H and O–H groups in total. The van der Waals surface area contributed by atoms with Gasteiger partial charge in [-0.3, -0.25) is 9.69 Å². The third kappa shape index (κ3) is 4.18. The van der Waals surface area contributed by atoms with Gasteiger partial charge in [0.2, 0.25) is 5.91 Å². The first-order valence-corrected chi connectivity index (χ1v) is 9.15. The number of hydrogen-bond donors (Lipinski definition) is 1. The number of carbonyl (C=O) groups is 1. The number of aromatic nitrogens is 1. The van der Waals surface area contributed by atoms with Crippen molar-refractivity contribution in [2.75, 3.05) is 19.6 Å². The molecule has 0 spiro atoms. The first-order chi connectivity index (χ1) is 11.3. The third-order valence-corrected chi connectivity index (χ3v) is 5.29. The second-order valence-electron chi connectivity index (χ2n) is 5.92. The van der Waals surface area contributed by atoms with E-state index in [1.807, 2.05) is 35.7 Å². The molecule has 5 heteroatoms. The van der Waals surface area contributed by atoms with Crippen molar-refractivity contribution < 1.29 is 4.79 Å². The minimum Gasteiger partial charge on any atom is -0.354 e. The van der Waals surface area contributed by atoms with Crippen molar-refractivity contribution in [2.45, 2.75) is 32.2 Å². The van der Waals surface area contributed by atoms with Gasteiger partial charge >= 0.3 is 0 Å². The van der Waals surface area contributed by atoms with Crippen LogP contribution >= 0.6 is 11.3 Å². The smallest absolute Gasteiger partial charge is 0.226 e. The van der Waals surface area contributed by atoms with E-state index in [9.17, 15) is 4.79 Å². The molecule has 0 bridgehead atoms. The molecule has 0 saturated carbocycles. The fraction of sp³-hybridized carbons (Fsp3) is 0.444. The molecule has 1 aliphatic rings. The number of carbonyl (C=O) groups excluding carboxylic acids is 1. The molecule has 0 unspecified atom stereocenters. The zero-order valence-electron chi connectivity index (χ0n) is 13.5. The summed E-state index contributed by atoms with van der Waals surface area (Å²) < 4.78 is 0. The molecule has 0 aliphatic carbocycles. The fourth-order valence-electron chi connectivity index (χ4n) is 3.10. The van der Waals surface area contributed by atoms with Gasteiger partial charge < -0.3 is 5.32 Å². The van der Waals surface area contributed by atoms with E-state index in [1.54, 1.807) is 11.3 Å². The van der Waals surface area contributed by atoms with Gasteiger partial charge in [-0.1, -0.05) is 37.3 Å². The van der Waals surface area contributed by atoms with Crippen molar-refractivity contribution in [3.05, 3.63) is 41.4 Å². The van der Waals surface area contributed by atoms with Crippen molar-refractivity contribution in [1.82, 2.24) is 15.2 Å². The van der Waals surface area contributed by atoms with Crippen molar-refractivity contribution in [1.29, 1.82) is 0 Å². The average molecular weight is 329 g/mol. The van der Waals surface area contributed by atoms with Crippen LogP contribution in [0.3, 0.4) is 0 Å². The van der Waals surface area contributed by atoms with Crippen molar-refractivity contribution >= 4 is 17.2 Å². The lowest BCUT2D eigenvalue weighted by Crippen LogP contribution is -2.40. The minimum absolute atomic E-state index is 0.0675. The quantitative estimate of drug-likeness (QED) is 0.886. The van der Waals surface area contributed by atoms with Gasteiger partial charge in [0.25, 0.3) is 0 Å². The zero-order valence-corrected chi connectivity index (χ0v) is 14.3. The highest BCUT2D eigenvalue weighted by Crippen LogP contribution is 2.23. The van der Waals surface area contributed by atoms with E-state index in [0.29, 0.717) is 12.5 Å². The van der Waals surface area contributed by atoms with Crippen LogP contribution in [-0.2, 0) is 11.2 Å². The lowest BCUT2D eigenvalue weighted by molar-refractivity contribution is -0.120. The summed E-state index contributed by atoms with van der Waals surface area (Å²) in [5.41, 5.74) is 1.96. The number of likely N-dealkylation sites (N-methyl/N-ethyl adjacent to an activating group) is 1. The lowest BCUT2D eigenvalue weighted by atomic mass is 10.2. The number of thiazole rings is 1. The monoisotopic (exact) mass is 329 g/mol. The number of amides is 1. The summed E-state index contributed by atoms with van der Waals surface area (Å²) in [4.78, 5) is 19.2. The lowest BCUT2D eigenvalue weighted by Gasteiger charge is -2.22. The average Bonchev–Trinajstić information content (AvgIpc) is 3.22. The summed E-state index contributed by atoms with van der Waals surface area (Å²) in [6.07, 6.45) is 2.78. The van der Waals surface area contributed by atoms with Crippen molar-refractivity contribution in [2.24, 2.45) is 0 Å². The Balaban J connectivity index is 1.51. The van der Waals surface area contributed by atoms with Crippen LogP contribution in [0.4, 0.5) is 0 Å². The van der Waals surface area contributed by atoms with Gasteiger partial charge in [-0.15, -0.1) is 11.3 Å². The second-order valence-corrected chi connectivity index (χ2v) is 6.77. The van der Waals surface area contributed by atoms with Gasteiger partial charge in [0.15, 0.2) is 0 Å². The highest BCUT2D eigenvalue weighted by Gasteiger charge is 2.23. The van der Waals surface area contributed by atoms with Crippen LogP contribution in [-0.4, -0.2) is 41.5 Å². The molecule has 1 aromatic heterocycles. The van der Waals surface area contributed by atoms with Gasteiger partial charge in [0.1, 0.15) is 5.01 Å². The predicted molar refractivity (Wildman–Crippen MR) is 94.5 cm³/mol. The van der Waals surface area contributed by atoms with Gasteiger partial charge in [0.05, 0.1) is 12.1 Å². The molecular formula is C18H23N3OS. The molecule has 1 aromatic carbocycles. The Hall–Kier alpha value is -1.72. The molecule has 1 aliphatic heterocycles. The Morgan fingerprint density at radius 1 is 1.39 bits per heavy atom. The highest BCUT2D eigenvalue weighted by atomic mass is 32.1. The van der Waals surface area contributed by atoms with E-state index in [1.165, 1.54) is 12.8 Å². The zero-order chi connectivity index (χ0) is 16.1. The number of nitrogens with zero attached hydrogens (tertiary/aromatic N) is 2. The second kappa shape index (κ2) is 7.70. The Labute approximate surface area is 141 Å². The number of benzene rings is 1. The van der Waals surface area contributed by atoms with E-state index in [4.69, 9.17) is 0 Å². The largest absolute Gasteiger partial charge is 0.354 e. The van der Waals surface area contributed by atoms with E-state index < -0.39 is 0 Å². The van der Waals surface area contributed by atoms with Crippen LogP contribution in [0.1, 0.15) is 25.5 Å². The number of hydrogen-bond acceptors (Lipinski definition) is 4. The van der Waals surface area contributed by atoms with E-state index in [-0.39, 0.29) is 5.91 Å². The van der Waals surface area contributed by atoms with Crippen LogP contribution in [0.5, 0.6) is 0 Å². The summed E-state index contributed by atoms with van der Waals surface area (Å²) in [6.45, 7) is 5.15. The molecule has 2 aromatic rings. The molecule has 122 valence electrons. The number of nitrogens with one attached hydrogen (secondary N) is 1. The Kier molecular flexibility index (Phi) is 5.41. The molecule has 1 fully saturated rings. The molecule has 23 heavy (non-hydrogen) atoms. The molecule has 0 radical (unpaired) electrons. The highest BCUT2D eigenvalue weighted by molar-refractivity contribution is 7.13. The summed E-state index contributed by atoms with van der Waals surface area (Å²) in [7, 11) is 0. The summed E-state index contributed by atoms with van der Waals surface area (Å²) in [5.74, 6) is 0.0675. The maximum atomic E-state index is 12.1. The Morgan fingerprint density at radius 3 is 3.00 bits per heavy atom. The van der Waals surface area contributed by atoms with Crippen LogP contribution in [0.2, 0.25) is 0 Å². The SMILES string of the molecule is CCN1CCC[C@@H]1CNC(=O)Cc1csc(-c2ccccc2)n1. The Morgan fingerprint density at radius 2 is 2.22 bits per heavy atom. The number of rotatable bonds is 6. The third-order valence-electron chi connectivity index (χ3n) is 4.35. The van der Waals surface area contributed by atoms with Crippen LogP contribution in [0.25, 0.3) is 10.6 Å². The molecular weight excluding hydrogens is 306 g/mol. The topological polar surface area (TPSA) is 45.2 Å². The van der Waals surface area contributed by atoms with Crippen molar-refractivity contribution in [3.63, 3.8) is 0 Å². The first kappa shape index (κ1) is 16.1. The van der Waals surface area contributed by atoms with Crippen molar-refractivity contribution in [3.8, 4) is 10.6 Å². The number of likely N-dealkylation sites (tertiary alicyclic amines) is 1. The minimum atomic E-state index is 0.0675. The van der Waals surface area contributed by atoms with Crippen LogP contribution in [0, 0.1) is 0 Å². The predicted octanol–water partition coefficient (Wildman–Crippen LogP) is 2.95. The standard InChI is InChI=1S/C18H23N3OS/c1-2-21-10-6-9-16(21)12-19-17(22)11-15-13-23-18(20-15)14-7-4-3-5-8-14/h3-5,7-8,13,16H,2,6,9-12H2,1H3,(H,19,22)/t16-/m1/s1. The van der Waals surface area contributed by atoms with Crippen LogP contribution in [0.15, 0.2) is 35.7 Å². The van der Waals surface area contributed by atoms with Gasteiger partial charge in [-0.05, 0) is 25.9 Å². The molecule has 4 nitrogen and oxygen atoms in total. The fourth-order valence-corrected chi connectivity index (χ4v) is 3.93. The molecule has 1 saturated heterocycles. The Bertz CT molecular complexity index is 641. The van der Waals surface area contributed by atoms with Gasteiger partial charge in [0, 0.05) is 23.5 Å². The van der Waals surface area contributed by atoms with Gasteiger partial charge in [-0.2, -0.15) is 0 Å². The normalized spacial score (nSPS) is 18.2. The maximum absolute atomic E-state index is 12.1. The molecule has 3 rings (SSSR count).